The monoisotopic (exact) mass is 420 g/mol. The van der Waals surface area contributed by atoms with E-state index in [1.54, 1.807) is 66.7 Å². The van der Waals surface area contributed by atoms with Crippen molar-refractivity contribution >= 4 is 22.9 Å². The molecule has 0 unspecified atom stereocenters. The Balaban J connectivity index is 1.76. The first-order chi connectivity index (χ1) is 15.6. The van der Waals surface area contributed by atoms with Gasteiger partial charge < -0.3 is 20.9 Å². The third kappa shape index (κ3) is 3.01. The average molecular weight is 420 g/mol. The van der Waals surface area contributed by atoms with Gasteiger partial charge in [-0.3, -0.25) is 9.59 Å². The van der Waals surface area contributed by atoms with E-state index < -0.39 is 11.6 Å². The molecule has 0 fully saturated rings. The van der Waals surface area contributed by atoms with Gasteiger partial charge in [0.15, 0.2) is 23.1 Å². The molecule has 32 heavy (non-hydrogen) atoms. The quantitative estimate of drug-likeness (QED) is 0.404. The summed E-state index contributed by atoms with van der Waals surface area (Å²) in [4.78, 5) is 26.6. The van der Waals surface area contributed by atoms with Crippen LogP contribution < -0.4 is 20.9 Å². The second kappa shape index (κ2) is 7.49. The molecule has 0 spiro atoms. The smallest absolute Gasteiger partial charge is 0.196 e. The zero-order chi connectivity index (χ0) is 22.2. The summed E-state index contributed by atoms with van der Waals surface area (Å²) in [7, 11) is 0. The highest BCUT2D eigenvalue weighted by Crippen LogP contribution is 2.50. The number of hydrogen-bond acceptors (Lipinski definition) is 6. The van der Waals surface area contributed by atoms with E-state index in [9.17, 15) is 9.59 Å². The van der Waals surface area contributed by atoms with Crippen LogP contribution in [0.15, 0.2) is 72.8 Å². The lowest BCUT2D eigenvalue weighted by Crippen LogP contribution is -2.24. The Morgan fingerprint density at radius 1 is 0.625 bits per heavy atom. The van der Waals surface area contributed by atoms with Crippen LogP contribution in [0.2, 0.25) is 0 Å². The number of para-hydroxylation sites is 1. The molecular formula is C26H16N2O4. The van der Waals surface area contributed by atoms with E-state index in [0.717, 1.165) is 0 Å². The van der Waals surface area contributed by atoms with Crippen molar-refractivity contribution in [3.05, 3.63) is 107 Å². The zero-order valence-electron chi connectivity index (χ0n) is 16.7. The van der Waals surface area contributed by atoms with E-state index >= 15 is 0 Å². The molecule has 154 valence electrons. The first kappa shape index (κ1) is 19.2. The maximum absolute atomic E-state index is 13.3. The number of hydrogen-bond donors (Lipinski definition) is 2. The van der Waals surface area contributed by atoms with Crippen molar-refractivity contribution in [2.24, 2.45) is 0 Å². The largest absolute Gasteiger partial charge is 0.451 e. The Bertz CT molecular complexity index is 1260. The van der Waals surface area contributed by atoms with Gasteiger partial charge in [0.25, 0.3) is 0 Å². The van der Waals surface area contributed by atoms with E-state index in [-0.39, 0.29) is 45.1 Å². The van der Waals surface area contributed by atoms with Gasteiger partial charge in [-0.2, -0.15) is 0 Å². The number of carbonyl (C=O) groups is 2. The number of rotatable bonds is 4. The maximum Gasteiger partial charge on any atom is 0.196 e. The fourth-order valence-corrected chi connectivity index (χ4v) is 3.68. The van der Waals surface area contributed by atoms with Crippen LogP contribution in [-0.2, 0) is 0 Å². The number of nitrogens with two attached hydrogens (primary N) is 2. The minimum absolute atomic E-state index is 0.00749. The van der Waals surface area contributed by atoms with Crippen LogP contribution in [0.5, 0.6) is 23.0 Å². The summed E-state index contributed by atoms with van der Waals surface area (Å²) < 4.78 is 12.0. The van der Waals surface area contributed by atoms with Crippen molar-refractivity contribution in [2.75, 3.05) is 11.5 Å². The van der Waals surface area contributed by atoms with Crippen LogP contribution >= 0.6 is 0 Å². The Morgan fingerprint density at radius 2 is 1.16 bits per heavy atom. The molecule has 6 heteroatoms. The third-order valence-electron chi connectivity index (χ3n) is 5.17. The van der Waals surface area contributed by atoms with Gasteiger partial charge in [0.1, 0.15) is 11.5 Å². The fraction of sp³-hybridized carbons (Fsp3) is 0. The fourth-order valence-electron chi connectivity index (χ4n) is 3.68. The first-order valence-corrected chi connectivity index (χ1v) is 9.78. The van der Waals surface area contributed by atoms with Crippen molar-refractivity contribution in [1.82, 2.24) is 0 Å². The molecule has 0 radical (unpaired) electrons. The summed E-state index contributed by atoms with van der Waals surface area (Å²) in [5.41, 5.74) is 13.4. The number of ketones is 2. The van der Waals surface area contributed by atoms with Gasteiger partial charge in [-0.05, 0) is 24.3 Å². The molecule has 1 aliphatic rings. The zero-order valence-corrected chi connectivity index (χ0v) is 16.7. The molecule has 0 heterocycles. The van der Waals surface area contributed by atoms with Gasteiger partial charge in [-0.1, -0.05) is 54.6 Å². The molecular weight excluding hydrogens is 404 g/mol. The minimum atomic E-state index is -0.400. The molecule has 0 aliphatic heterocycles. The normalized spacial score (nSPS) is 11.9. The molecule has 4 aromatic rings. The molecule has 4 aromatic carbocycles. The SMILES string of the molecule is Nc1c(Oc2cc#ccc2)c(Oc2ccccc2)c(N)c2c1C(=O)c1ccccc1C2=O. The lowest BCUT2D eigenvalue weighted by molar-refractivity contribution is 0.0980. The van der Waals surface area contributed by atoms with Gasteiger partial charge in [-0.25, -0.2) is 0 Å². The molecule has 1 aliphatic carbocycles. The Kier molecular flexibility index (Phi) is 4.50. The summed E-state index contributed by atoms with van der Waals surface area (Å²) in [6.07, 6.45) is 0. The predicted molar refractivity (Wildman–Crippen MR) is 119 cm³/mol. The summed E-state index contributed by atoms with van der Waals surface area (Å²) in [6, 6.07) is 25.8. The highest BCUT2D eigenvalue weighted by molar-refractivity contribution is 6.32. The van der Waals surface area contributed by atoms with Crippen LogP contribution in [0, 0.1) is 12.1 Å². The van der Waals surface area contributed by atoms with Gasteiger partial charge in [0.05, 0.1) is 22.5 Å². The molecule has 0 saturated carbocycles. The second-order valence-corrected chi connectivity index (χ2v) is 7.13. The van der Waals surface area contributed by atoms with Gasteiger partial charge >= 0.3 is 0 Å². The van der Waals surface area contributed by atoms with E-state index in [1.165, 1.54) is 0 Å². The predicted octanol–water partition coefficient (Wildman–Crippen LogP) is 4.81. The van der Waals surface area contributed by atoms with Gasteiger partial charge in [0, 0.05) is 17.2 Å². The standard InChI is InChI=1S/C26H16N2O4/c27-21-19-20(24(30)18-14-8-7-13-17(18)23(19)29)22(28)26(32-16-11-5-2-6-12-16)25(21)31-15-9-3-1-4-10-15/h1,3-5,7-14H,27-28H2. The van der Waals surface area contributed by atoms with E-state index in [1.807, 2.05) is 6.07 Å². The van der Waals surface area contributed by atoms with Crippen LogP contribution in [0.3, 0.4) is 0 Å². The number of ether oxygens (including phenoxy) is 2. The Morgan fingerprint density at radius 3 is 1.69 bits per heavy atom. The molecule has 6 nitrogen and oxygen atoms in total. The second-order valence-electron chi connectivity index (χ2n) is 7.13. The van der Waals surface area contributed by atoms with E-state index in [2.05, 4.69) is 12.1 Å². The third-order valence-corrected chi connectivity index (χ3v) is 5.17. The number of nitrogen functional groups attached to an aromatic ring is 2. The number of carbonyl (C=O) groups excluding carboxylic acids is 2. The Hall–Kier alpha value is -4.76. The molecule has 0 atom stereocenters. The van der Waals surface area contributed by atoms with Crippen molar-refractivity contribution < 1.29 is 19.1 Å². The summed E-state index contributed by atoms with van der Waals surface area (Å²) >= 11 is 0. The van der Waals surface area contributed by atoms with Gasteiger partial charge in [0.2, 0.25) is 0 Å². The average Bonchev–Trinajstić information content (AvgIpc) is 2.83. The lowest BCUT2D eigenvalue weighted by Gasteiger charge is -2.25. The van der Waals surface area contributed by atoms with Crippen molar-refractivity contribution in [2.45, 2.75) is 0 Å². The molecule has 0 amide bonds. The highest BCUT2D eigenvalue weighted by Gasteiger charge is 2.37. The number of benzene rings is 3. The van der Waals surface area contributed by atoms with Crippen LogP contribution in [0.4, 0.5) is 11.4 Å². The Labute approximate surface area is 184 Å². The van der Waals surface area contributed by atoms with E-state index in [4.69, 9.17) is 20.9 Å². The van der Waals surface area contributed by atoms with Crippen molar-refractivity contribution in [1.29, 1.82) is 0 Å². The minimum Gasteiger partial charge on any atom is -0.451 e. The van der Waals surface area contributed by atoms with Crippen molar-refractivity contribution in [3.63, 3.8) is 0 Å². The van der Waals surface area contributed by atoms with E-state index in [0.29, 0.717) is 11.5 Å². The lowest BCUT2D eigenvalue weighted by atomic mass is 9.82. The van der Waals surface area contributed by atoms with Gasteiger partial charge in [-0.15, -0.1) is 0 Å². The number of fused-ring (bicyclic) bond motifs is 2. The van der Waals surface area contributed by atoms with Crippen molar-refractivity contribution in [3.8, 4) is 23.0 Å². The molecule has 0 saturated heterocycles. The summed E-state index contributed by atoms with van der Waals surface area (Å²) in [6.45, 7) is 0. The molecule has 4 N–H and O–H groups in total. The number of anilines is 2. The maximum atomic E-state index is 13.3. The van der Waals surface area contributed by atoms with Crippen LogP contribution in [-0.4, -0.2) is 11.6 Å². The highest BCUT2D eigenvalue weighted by atomic mass is 16.5. The van der Waals surface area contributed by atoms with Crippen LogP contribution in [0.1, 0.15) is 31.8 Å². The summed E-state index contributed by atoms with van der Waals surface area (Å²) in [5, 5.41) is 0. The molecule has 5 rings (SSSR count). The summed E-state index contributed by atoms with van der Waals surface area (Å²) in [5.74, 6) is 0.162. The van der Waals surface area contributed by atoms with Crippen LogP contribution in [0.25, 0.3) is 0 Å². The first-order valence-electron chi connectivity index (χ1n) is 9.78. The molecule has 0 bridgehead atoms. The topological polar surface area (TPSA) is 105 Å². The molecule has 0 aromatic heterocycles.